The van der Waals surface area contributed by atoms with Crippen molar-refractivity contribution in [2.24, 2.45) is 0 Å². The second kappa shape index (κ2) is 7.73. The smallest absolute Gasteiger partial charge is 0.258 e. The van der Waals surface area contributed by atoms with Crippen molar-refractivity contribution in [3.05, 3.63) is 70.6 Å². The van der Waals surface area contributed by atoms with Crippen LogP contribution >= 0.6 is 0 Å². The fourth-order valence-electron chi connectivity index (χ4n) is 2.64. The largest absolute Gasteiger partial charge is 0.306 e. The molecule has 0 spiro atoms. The van der Waals surface area contributed by atoms with Gasteiger partial charge in [0.1, 0.15) is 12.6 Å². The number of pyridine rings is 1. The molecule has 2 heterocycles. The molecule has 130 valence electrons. The Morgan fingerprint density at radius 1 is 1.04 bits per heavy atom. The summed E-state index contributed by atoms with van der Waals surface area (Å²) in [6, 6.07) is 14.0. The van der Waals surface area contributed by atoms with E-state index in [9.17, 15) is 14.4 Å². The van der Waals surface area contributed by atoms with E-state index in [1.807, 2.05) is 30.3 Å². The zero-order valence-electron chi connectivity index (χ0n) is 13.4. The molecule has 8 heteroatoms. The summed E-state index contributed by atoms with van der Waals surface area (Å²) in [7, 11) is 0. The van der Waals surface area contributed by atoms with Gasteiger partial charge in [-0.05, 0) is 18.1 Å². The van der Waals surface area contributed by atoms with Crippen LogP contribution in [0.3, 0.4) is 0 Å². The highest BCUT2D eigenvalue weighted by molar-refractivity contribution is 5.85. The van der Waals surface area contributed by atoms with E-state index in [1.54, 1.807) is 12.1 Å². The molecule has 1 aliphatic rings. The number of hydrazine groups is 2. The second-order valence-electron chi connectivity index (χ2n) is 5.74. The molecule has 2 unspecified atom stereocenters. The molecule has 1 aromatic carbocycles. The second-order valence-corrected chi connectivity index (χ2v) is 5.74. The Bertz CT molecular complexity index is 805. The molecule has 25 heavy (non-hydrogen) atoms. The third-order valence-electron chi connectivity index (χ3n) is 3.96. The molecule has 2 amide bonds. The minimum atomic E-state index is -0.479. The summed E-state index contributed by atoms with van der Waals surface area (Å²) in [4.78, 5) is 35.5. The lowest BCUT2D eigenvalue weighted by atomic mass is 10.0. The average Bonchev–Trinajstić information content (AvgIpc) is 3.13. The Balaban J connectivity index is 1.47. The first kappa shape index (κ1) is 16.9. The molecule has 0 saturated carbocycles. The number of rotatable bonds is 4. The number of nitrogens with zero attached hydrogens (tertiary/aromatic N) is 1. The zero-order valence-corrected chi connectivity index (χ0v) is 13.4. The fraction of sp³-hybridized carbons (Fsp3) is 0.235. The monoisotopic (exact) mass is 341 g/mol. The number of nitrogens with one attached hydrogen (secondary N) is 4. The fourth-order valence-corrected chi connectivity index (χ4v) is 2.64. The molecular formula is C17H19N5O3. The van der Waals surface area contributed by atoms with E-state index >= 15 is 0 Å². The molecule has 3 rings (SSSR count). The summed E-state index contributed by atoms with van der Waals surface area (Å²) in [6.07, 6.45) is 2.07. The van der Waals surface area contributed by atoms with Gasteiger partial charge in [-0.15, -0.1) is 0 Å². The number of aromatic nitrogens is 1. The highest BCUT2D eigenvalue weighted by Gasteiger charge is 2.30. The van der Waals surface area contributed by atoms with Crippen LogP contribution in [-0.2, 0) is 16.1 Å². The maximum atomic E-state index is 12.1. The van der Waals surface area contributed by atoms with Crippen molar-refractivity contribution < 1.29 is 9.59 Å². The van der Waals surface area contributed by atoms with Crippen molar-refractivity contribution in [1.82, 2.24) is 26.3 Å². The lowest BCUT2D eigenvalue weighted by Crippen LogP contribution is -2.51. The van der Waals surface area contributed by atoms with Crippen molar-refractivity contribution in [3.8, 4) is 0 Å². The van der Waals surface area contributed by atoms with Gasteiger partial charge < -0.3 is 4.57 Å². The van der Waals surface area contributed by atoms with Crippen LogP contribution in [-0.4, -0.2) is 22.4 Å². The van der Waals surface area contributed by atoms with Gasteiger partial charge in [-0.1, -0.05) is 36.4 Å². The average molecular weight is 341 g/mol. The molecule has 1 saturated heterocycles. The SMILES string of the molecule is O=C(Cn1ccccc1=O)NNC(=O)C1CC(c2ccccc2)NN1. The number of carbonyl (C=O) groups is 2. The topological polar surface area (TPSA) is 104 Å². The molecule has 0 bridgehead atoms. The predicted octanol–water partition coefficient (Wildman–Crippen LogP) is -0.396. The van der Waals surface area contributed by atoms with Gasteiger partial charge in [0, 0.05) is 18.3 Å². The van der Waals surface area contributed by atoms with Gasteiger partial charge in [0.15, 0.2) is 0 Å². The molecule has 1 aromatic heterocycles. The maximum Gasteiger partial charge on any atom is 0.258 e. The van der Waals surface area contributed by atoms with E-state index in [2.05, 4.69) is 21.7 Å². The molecule has 2 aromatic rings. The third-order valence-corrected chi connectivity index (χ3v) is 3.96. The highest BCUT2D eigenvalue weighted by atomic mass is 16.2. The summed E-state index contributed by atoms with van der Waals surface area (Å²) in [5, 5.41) is 0. The molecule has 0 aliphatic carbocycles. The van der Waals surface area contributed by atoms with Crippen LogP contribution in [0.1, 0.15) is 18.0 Å². The van der Waals surface area contributed by atoms with Crippen molar-refractivity contribution in [2.75, 3.05) is 0 Å². The number of benzene rings is 1. The van der Waals surface area contributed by atoms with Gasteiger partial charge in [0.2, 0.25) is 0 Å². The van der Waals surface area contributed by atoms with E-state index in [0.29, 0.717) is 6.42 Å². The van der Waals surface area contributed by atoms with E-state index < -0.39 is 11.9 Å². The Kier molecular flexibility index (Phi) is 5.22. The van der Waals surface area contributed by atoms with Gasteiger partial charge in [0.05, 0.1) is 0 Å². The Morgan fingerprint density at radius 3 is 2.56 bits per heavy atom. The van der Waals surface area contributed by atoms with Crippen LogP contribution in [0.25, 0.3) is 0 Å². The van der Waals surface area contributed by atoms with Gasteiger partial charge in [0.25, 0.3) is 17.4 Å². The molecule has 1 aliphatic heterocycles. The molecule has 1 fully saturated rings. The van der Waals surface area contributed by atoms with E-state index in [0.717, 1.165) is 5.56 Å². The van der Waals surface area contributed by atoms with E-state index in [1.165, 1.54) is 16.8 Å². The van der Waals surface area contributed by atoms with Crippen LogP contribution in [0.5, 0.6) is 0 Å². The maximum absolute atomic E-state index is 12.1. The number of carbonyl (C=O) groups excluding carboxylic acids is 2. The molecule has 8 nitrogen and oxygen atoms in total. The quantitative estimate of drug-likeness (QED) is 0.567. The van der Waals surface area contributed by atoms with Crippen LogP contribution in [0.4, 0.5) is 0 Å². The van der Waals surface area contributed by atoms with Gasteiger partial charge in [-0.2, -0.15) is 0 Å². The summed E-state index contributed by atoms with van der Waals surface area (Å²) in [5.41, 5.74) is 11.5. The van der Waals surface area contributed by atoms with E-state index in [4.69, 9.17) is 0 Å². The Labute approximate surface area is 144 Å². The Hall–Kier alpha value is -2.97. The van der Waals surface area contributed by atoms with Crippen molar-refractivity contribution in [1.29, 1.82) is 0 Å². The van der Waals surface area contributed by atoms with Gasteiger partial charge in [-0.3, -0.25) is 25.2 Å². The lowest BCUT2D eigenvalue weighted by molar-refractivity contribution is -0.130. The van der Waals surface area contributed by atoms with Crippen molar-refractivity contribution >= 4 is 11.8 Å². The van der Waals surface area contributed by atoms with Crippen molar-refractivity contribution in [2.45, 2.75) is 25.0 Å². The first-order chi connectivity index (χ1) is 12.1. The standard InChI is InChI=1S/C17H19N5O3/c23-15(11-22-9-5-4-8-16(22)24)20-21-17(25)14-10-13(18-19-14)12-6-2-1-3-7-12/h1-9,13-14,18-19H,10-11H2,(H,20,23)(H,21,25). The summed E-state index contributed by atoms with van der Waals surface area (Å²) < 4.78 is 1.25. The number of hydrogen-bond donors (Lipinski definition) is 4. The minimum absolute atomic E-state index is 0.0237. The Morgan fingerprint density at radius 2 is 1.80 bits per heavy atom. The molecule has 4 N–H and O–H groups in total. The first-order valence-corrected chi connectivity index (χ1v) is 7.93. The van der Waals surface area contributed by atoms with Crippen LogP contribution in [0, 0.1) is 0 Å². The predicted molar refractivity (Wildman–Crippen MR) is 90.8 cm³/mol. The lowest BCUT2D eigenvalue weighted by Gasteiger charge is -2.12. The van der Waals surface area contributed by atoms with Crippen LogP contribution in [0.2, 0.25) is 0 Å². The third kappa shape index (κ3) is 4.31. The normalized spacial score (nSPS) is 19.4. The molecular weight excluding hydrogens is 322 g/mol. The highest BCUT2D eigenvalue weighted by Crippen LogP contribution is 2.21. The summed E-state index contributed by atoms with van der Waals surface area (Å²) in [5.74, 6) is -0.827. The van der Waals surface area contributed by atoms with Crippen LogP contribution in [0.15, 0.2) is 59.5 Å². The van der Waals surface area contributed by atoms with Crippen LogP contribution < -0.4 is 27.3 Å². The number of amides is 2. The molecule has 2 atom stereocenters. The summed E-state index contributed by atoms with van der Waals surface area (Å²) >= 11 is 0. The zero-order chi connectivity index (χ0) is 17.6. The summed E-state index contributed by atoms with van der Waals surface area (Å²) in [6.45, 7) is -0.164. The first-order valence-electron chi connectivity index (χ1n) is 7.93. The minimum Gasteiger partial charge on any atom is -0.306 e. The van der Waals surface area contributed by atoms with Gasteiger partial charge in [-0.25, -0.2) is 10.9 Å². The van der Waals surface area contributed by atoms with Crippen molar-refractivity contribution in [3.63, 3.8) is 0 Å². The van der Waals surface area contributed by atoms with Gasteiger partial charge >= 0.3 is 0 Å². The van der Waals surface area contributed by atoms with E-state index in [-0.39, 0.29) is 24.1 Å². The molecule has 0 radical (unpaired) electrons. The number of hydrogen-bond acceptors (Lipinski definition) is 5.